The Kier molecular flexibility index (Phi) is 5.52. The fraction of sp³-hybridized carbons (Fsp3) is 0.600. The van der Waals surface area contributed by atoms with E-state index in [4.69, 9.17) is 23.2 Å². The summed E-state index contributed by atoms with van der Waals surface area (Å²) in [5.74, 6) is 0. The molecule has 19 heavy (non-hydrogen) atoms. The molecule has 0 aliphatic heterocycles. The third-order valence-electron chi connectivity index (χ3n) is 3.82. The summed E-state index contributed by atoms with van der Waals surface area (Å²) in [4.78, 5) is 0. The van der Waals surface area contributed by atoms with E-state index >= 15 is 0 Å². The zero-order valence-corrected chi connectivity index (χ0v) is 12.6. The molecule has 0 spiro atoms. The fourth-order valence-electron chi connectivity index (χ4n) is 2.66. The lowest BCUT2D eigenvalue weighted by Gasteiger charge is -2.27. The number of nitrogens with one attached hydrogen (secondary N) is 1. The lowest BCUT2D eigenvalue weighted by Crippen LogP contribution is -2.39. The highest BCUT2D eigenvalue weighted by Gasteiger charge is 2.27. The topological polar surface area (TPSA) is 32.3 Å². The van der Waals surface area contributed by atoms with Crippen molar-refractivity contribution in [2.75, 3.05) is 6.54 Å². The van der Waals surface area contributed by atoms with Gasteiger partial charge in [-0.3, -0.25) is 0 Å². The summed E-state index contributed by atoms with van der Waals surface area (Å²) in [6, 6.07) is 5.51. The van der Waals surface area contributed by atoms with Gasteiger partial charge in [-0.15, -0.1) is 0 Å². The van der Waals surface area contributed by atoms with Crippen molar-refractivity contribution in [2.24, 2.45) is 0 Å². The normalized spacial score (nSPS) is 19.1. The third-order valence-corrected chi connectivity index (χ3v) is 4.41. The van der Waals surface area contributed by atoms with Crippen LogP contribution < -0.4 is 5.32 Å². The van der Waals surface area contributed by atoms with E-state index in [1.807, 2.05) is 12.1 Å². The highest BCUT2D eigenvalue weighted by Crippen LogP contribution is 2.26. The summed E-state index contributed by atoms with van der Waals surface area (Å²) in [6.45, 7) is 1.30. The van der Waals surface area contributed by atoms with Gasteiger partial charge >= 0.3 is 0 Å². The Morgan fingerprint density at radius 3 is 2.42 bits per heavy atom. The maximum absolute atomic E-state index is 10.5. The molecule has 0 amide bonds. The van der Waals surface area contributed by atoms with Crippen LogP contribution in [-0.4, -0.2) is 17.3 Å². The largest absolute Gasteiger partial charge is 0.389 e. The van der Waals surface area contributed by atoms with Crippen LogP contribution in [0.2, 0.25) is 10.0 Å². The number of aliphatic hydroxyl groups is 1. The molecule has 0 atom stereocenters. The van der Waals surface area contributed by atoms with Crippen molar-refractivity contribution in [3.05, 3.63) is 33.8 Å². The average Bonchev–Trinajstić information content (AvgIpc) is 2.57. The van der Waals surface area contributed by atoms with Crippen LogP contribution >= 0.6 is 23.2 Å². The van der Waals surface area contributed by atoms with Crippen LogP contribution in [0.3, 0.4) is 0 Å². The van der Waals surface area contributed by atoms with E-state index in [2.05, 4.69) is 5.32 Å². The van der Waals surface area contributed by atoms with E-state index in [0.29, 0.717) is 23.1 Å². The zero-order chi connectivity index (χ0) is 13.7. The van der Waals surface area contributed by atoms with Gasteiger partial charge in [0.05, 0.1) is 5.60 Å². The lowest BCUT2D eigenvalue weighted by atomic mass is 9.94. The SMILES string of the molecule is OC1(CNCc2ccc(Cl)cc2Cl)CCCCCC1. The maximum atomic E-state index is 10.5. The second-order valence-corrected chi connectivity index (χ2v) is 6.32. The van der Waals surface area contributed by atoms with Crippen molar-refractivity contribution in [3.8, 4) is 0 Å². The molecule has 1 aliphatic rings. The maximum Gasteiger partial charge on any atom is 0.0771 e. The first-order chi connectivity index (χ1) is 9.09. The van der Waals surface area contributed by atoms with Gasteiger partial charge in [-0.25, -0.2) is 0 Å². The van der Waals surface area contributed by atoms with Gasteiger partial charge < -0.3 is 10.4 Å². The van der Waals surface area contributed by atoms with Crippen LogP contribution in [0.4, 0.5) is 0 Å². The van der Waals surface area contributed by atoms with Crippen LogP contribution in [0.1, 0.15) is 44.1 Å². The molecule has 1 fully saturated rings. The molecule has 0 heterocycles. The number of hydrogen-bond donors (Lipinski definition) is 2. The first-order valence-corrected chi connectivity index (χ1v) is 7.72. The van der Waals surface area contributed by atoms with Crippen LogP contribution in [0, 0.1) is 0 Å². The number of benzene rings is 1. The highest BCUT2D eigenvalue weighted by molar-refractivity contribution is 6.35. The third kappa shape index (κ3) is 4.64. The Balaban J connectivity index is 1.85. The Morgan fingerprint density at radius 2 is 1.79 bits per heavy atom. The number of halogens is 2. The number of hydrogen-bond acceptors (Lipinski definition) is 2. The Hall–Kier alpha value is -0.280. The zero-order valence-electron chi connectivity index (χ0n) is 11.1. The van der Waals surface area contributed by atoms with Crippen LogP contribution in [0.5, 0.6) is 0 Å². The molecular formula is C15H21Cl2NO. The predicted molar refractivity (Wildman–Crippen MR) is 80.8 cm³/mol. The molecule has 2 N–H and O–H groups in total. The first kappa shape index (κ1) is 15.1. The molecule has 1 aliphatic carbocycles. The summed E-state index contributed by atoms with van der Waals surface area (Å²) in [7, 11) is 0. The minimum absolute atomic E-state index is 0.546. The summed E-state index contributed by atoms with van der Waals surface area (Å²) >= 11 is 12.0. The molecule has 0 saturated heterocycles. The summed E-state index contributed by atoms with van der Waals surface area (Å²) in [5, 5.41) is 15.2. The van der Waals surface area contributed by atoms with E-state index < -0.39 is 5.60 Å². The average molecular weight is 302 g/mol. The molecule has 106 valence electrons. The Bertz CT molecular complexity index is 415. The lowest BCUT2D eigenvalue weighted by molar-refractivity contribution is 0.0250. The van der Waals surface area contributed by atoms with Crippen LogP contribution in [0.15, 0.2) is 18.2 Å². The van der Waals surface area contributed by atoms with E-state index in [-0.39, 0.29) is 0 Å². The minimum Gasteiger partial charge on any atom is -0.389 e. The van der Waals surface area contributed by atoms with Crippen LogP contribution in [0.25, 0.3) is 0 Å². The molecule has 1 aromatic rings. The predicted octanol–water partition coefficient (Wildman–Crippen LogP) is 4.17. The van der Waals surface area contributed by atoms with Gasteiger partial charge in [-0.2, -0.15) is 0 Å². The molecule has 0 unspecified atom stereocenters. The second-order valence-electron chi connectivity index (χ2n) is 5.48. The molecule has 0 bridgehead atoms. The van der Waals surface area contributed by atoms with E-state index in [9.17, 15) is 5.11 Å². The van der Waals surface area contributed by atoms with E-state index in [1.54, 1.807) is 6.07 Å². The van der Waals surface area contributed by atoms with Crippen molar-refractivity contribution in [1.29, 1.82) is 0 Å². The Morgan fingerprint density at radius 1 is 1.11 bits per heavy atom. The minimum atomic E-state index is -0.546. The monoisotopic (exact) mass is 301 g/mol. The van der Waals surface area contributed by atoms with Crippen molar-refractivity contribution in [3.63, 3.8) is 0 Å². The van der Waals surface area contributed by atoms with Gasteiger partial charge in [0, 0.05) is 23.1 Å². The molecule has 0 radical (unpaired) electrons. The van der Waals surface area contributed by atoms with Crippen molar-refractivity contribution in [2.45, 2.75) is 50.7 Å². The summed E-state index contributed by atoms with van der Waals surface area (Å²) in [5.41, 5.74) is 0.471. The highest BCUT2D eigenvalue weighted by atomic mass is 35.5. The van der Waals surface area contributed by atoms with Crippen molar-refractivity contribution < 1.29 is 5.11 Å². The summed E-state index contributed by atoms with van der Waals surface area (Å²) in [6.07, 6.45) is 6.53. The van der Waals surface area contributed by atoms with Gasteiger partial charge in [0.15, 0.2) is 0 Å². The van der Waals surface area contributed by atoms with E-state index in [1.165, 1.54) is 12.8 Å². The van der Waals surface area contributed by atoms with Gasteiger partial charge in [0.2, 0.25) is 0 Å². The standard InChI is InChI=1S/C15H21Cl2NO/c16-13-6-5-12(14(17)9-13)10-18-11-15(19)7-3-1-2-4-8-15/h5-6,9,18-19H,1-4,7-8,10-11H2. The van der Waals surface area contributed by atoms with Crippen molar-refractivity contribution >= 4 is 23.2 Å². The van der Waals surface area contributed by atoms with Gasteiger partial charge in [0.25, 0.3) is 0 Å². The molecule has 4 heteroatoms. The second kappa shape index (κ2) is 6.94. The van der Waals surface area contributed by atoms with Crippen molar-refractivity contribution in [1.82, 2.24) is 5.32 Å². The fourth-order valence-corrected chi connectivity index (χ4v) is 3.13. The molecule has 2 rings (SSSR count). The first-order valence-electron chi connectivity index (χ1n) is 6.96. The van der Waals surface area contributed by atoms with Gasteiger partial charge in [-0.05, 0) is 30.5 Å². The molecule has 0 aromatic heterocycles. The van der Waals surface area contributed by atoms with E-state index in [0.717, 1.165) is 31.2 Å². The van der Waals surface area contributed by atoms with Gasteiger partial charge in [-0.1, -0.05) is 55.0 Å². The summed E-state index contributed by atoms with van der Waals surface area (Å²) < 4.78 is 0. The van der Waals surface area contributed by atoms with Gasteiger partial charge in [0.1, 0.15) is 0 Å². The molecular weight excluding hydrogens is 281 g/mol. The Labute approximate surface area is 125 Å². The molecule has 1 aromatic carbocycles. The number of rotatable bonds is 4. The molecule has 2 nitrogen and oxygen atoms in total. The molecule has 1 saturated carbocycles. The quantitative estimate of drug-likeness (QED) is 0.818. The van der Waals surface area contributed by atoms with Crippen LogP contribution in [-0.2, 0) is 6.54 Å². The smallest absolute Gasteiger partial charge is 0.0771 e.